The Morgan fingerprint density at radius 2 is 1.84 bits per heavy atom. The first-order valence-electron chi connectivity index (χ1n) is 12.6. The van der Waals surface area contributed by atoms with E-state index in [2.05, 4.69) is 10.1 Å². The molecule has 8 nitrogen and oxygen atoms in total. The number of aliphatic hydroxyl groups is 1. The molecule has 0 saturated heterocycles. The molecule has 4 unspecified atom stereocenters. The van der Waals surface area contributed by atoms with Crippen LogP contribution in [0.2, 0.25) is 0 Å². The molecule has 2 aromatic carbocycles. The van der Waals surface area contributed by atoms with Gasteiger partial charge < -0.3 is 30.1 Å². The largest absolute Gasteiger partial charge is 0.480 e. The summed E-state index contributed by atoms with van der Waals surface area (Å²) in [6.45, 7) is 0.225. The standard InChI is InChI=1S/C27H31F2N3O5/c1-27(28,29)37-18-13-9-16(10-14-18)25(35)32-21-7-3-2-5-19(21)24(20-6-4-8-22(20)32)31(17-11-12-17)26(36)30-15-23(33)34/h2-3,5,7,9-10,13-14,17,20,22,24-25,35H,4,6,8,11-12,15H2,1H3,(H,30,36)(H,33,34). The quantitative estimate of drug-likeness (QED) is 0.473. The first kappa shape index (κ1) is 25.3. The van der Waals surface area contributed by atoms with Crippen molar-refractivity contribution in [2.45, 2.75) is 69.5 Å². The van der Waals surface area contributed by atoms with Crippen LogP contribution in [0.1, 0.15) is 62.4 Å². The second-order valence-electron chi connectivity index (χ2n) is 10.1. The Morgan fingerprint density at radius 1 is 1.14 bits per heavy atom. The zero-order valence-corrected chi connectivity index (χ0v) is 20.5. The second-order valence-corrected chi connectivity index (χ2v) is 10.1. The maximum Gasteiger partial charge on any atom is 0.394 e. The van der Waals surface area contributed by atoms with Crippen molar-refractivity contribution >= 4 is 17.7 Å². The molecular formula is C27H31F2N3O5. The Labute approximate surface area is 213 Å². The van der Waals surface area contributed by atoms with Gasteiger partial charge in [-0.25, -0.2) is 4.79 Å². The summed E-state index contributed by atoms with van der Waals surface area (Å²) >= 11 is 0. The number of ether oxygens (including phenoxy) is 1. The monoisotopic (exact) mass is 515 g/mol. The van der Waals surface area contributed by atoms with Crippen LogP contribution in [0.5, 0.6) is 5.75 Å². The number of aliphatic hydroxyl groups excluding tert-OH is 1. The number of hydrogen-bond donors (Lipinski definition) is 3. The summed E-state index contributed by atoms with van der Waals surface area (Å²) in [5.41, 5.74) is 2.26. The number of urea groups is 1. The molecular weight excluding hydrogens is 484 g/mol. The van der Waals surface area contributed by atoms with Crippen LogP contribution >= 0.6 is 0 Å². The molecule has 2 saturated carbocycles. The molecule has 2 aromatic rings. The minimum absolute atomic E-state index is 0.00810. The number of carbonyl (C=O) groups is 2. The number of rotatable bonds is 8. The van der Waals surface area contributed by atoms with Crippen LogP contribution in [0, 0.1) is 5.92 Å². The fourth-order valence-electron chi connectivity index (χ4n) is 5.92. The summed E-state index contributed by atoms with van der Waals surface area (Å²) in [5, 5.41) is 23.2. The molecule has 2 aliphatic carbocycles. The number of anilines is 1. The van der Waals surface area contributed by atoms with Gasteiger partial charge in [-0.05, 0) is 49.4 Å². The number of fused-ring (bicyclic) bond motifs is 2. The lowest BCUT2D eigenvalue weighted by molar-refractivity contribution is -0.159. The molecule has 3 N–H and O–H groups in total. The molecule has 0 aromatic heterocycles. The van der Waals surface area contributed by atoms with E-state index in [4.69, 9.17) is 5.11 Å². The number of amides is 2. The van der Waals surface area contributed by atoms with Gasteiger partial charge in [0.2, 0.25) is 0 Å². The molecule has 4 atom stereocenters. The van der Waals surface area contributed by atoms with Crippen molar-refractivity contribution in [3.8, 4) is 5.75 Å². The molecule has 2 fully saturated rings. The molecule has 1 heterocycles. The van der Waals surface area contributed by atoms with Gasteiger partial charge in [0.05, 0.1) is 6.04 Å². The van der Waals surface area contributed by atoms with Gasteiger partial charge in [-0.2, -0.15) is 8.78 Å². The number of alkyl halides is 2. The van der Waals surface area contributed by atoms with Crippen molar-refractivity contribution in [2.75, 3.05) is 11.4 Å². The summed E-state index contributed by atoms with van der Waals surface area (Å²) in [7, 11) is 0. The van der Waals surface area contributed by atoms with Crippen molar-refractivity contribution in [3.63, 3.8) is 0 Å². The Kier molecular flexibility index (Phi) is 6.70. The Hall–Kier alpha value is -3.40. The third-order valence-corrected chi connectivity index (χ3v) is 7.43. The van der Waals surface area contributed by atoms with Crippen LogP contribution in [0.15, 0.2) is 48.5 Å². The van der Waals surface area contributed by atoms with Gasteiger partial charge >= 0.3 is 18.1 Å². The van der Waals surface area contributed by atoms with Crippen molar-refractivity contribution in [1.29, 1.82) is 0 Å². The van der Waals surface area contributed by atoms with Gasteiger partial charge in [0, 0.05) is 36.2 Å². The van der Waals surface area contributed by atoms with E-state index in [9.17, 15) is 23.5 Å². The Morgan fingerprint density at radius 3 is 2.49 bits per heavy atom. The summed E-state index contributed by atoms with van der Waals surface area (Å²) in [6, 6.07) is 13.1. The molecule has 37 heavy (non-hydrogen) atoms. The number of carboxylic acid groups (broad SMARTS) is 1. The van der Waals surface area contributed by atoms with Crippen LogP contribution in [0.3, 0.4) is 0 Å². The Balaban J connectivity index is 1.49. The molecule has 3 aliphatic rings. The van der Waals surface area contributed by atoms with Crippen LogP contribution in [0.25, 0.3) is 0 Å². The highest BCUT2D eigenvalue weighted by Crippen LogP contribution is 2.54. The Bertz CT molecular complexity index is 1150. The van der Waals surface area contributed by atoms with Crippen molar-refractivity contribution in [3.05, 3.63) is 59.7 Å². The number of nitrogens with zero attached hydrogens (tertiary/aromatic N) is 2. The second kappa shape index (κ2) is 9.81. The molecule has 10 heteroatoms. The third kappa shape index (κ3) is 5.20. The van der Waals surface area contributed by atoms with E-state index in [1.54, 1.807) is 12.1 Å². The zero-order chi connectivity index (χ0) is 26.3. The predicted octanol–water partition coefficient (Wildman–Crippen LogP) is 4.66. The van der Waals surface area contributed by atoms with Crippen LogP contribution in [0.4, 0.5) is 19.3 Å². The van der Waals surface area contributed by atoms with Gasteiger partial charge in [0.1, 0.15) is 12.3 Å². The van der Waals surface area contributed by atoms with Gasteiger partial charge in [-0.3, -0.25) is 4.79 Å². The summed E-state index contributed by atoms with van der Waals surface area (Å²) in [5.74, 6) is -1.05. The highest BCUT2D eigenvalue weighted by molar-refractivity contribution is 5.81. The summed E-state index contributed by atoms with van der Waals surface area (Å²) in [4.78, 5) is 28.1. The maximum absolute atomic E-state index is 13.2. The van der Waals surface area contributed by atoms with Crippen LogP contribution in [-0.2, 0) is 4.79 Å². The van der Waals surface area contributed by atoms with E-state index in [0.717, 1.165) is 43.4 Å². The molecule has 1 aliphatic heterocycles. The lowest BCUT2D eigenvalue weighted by Crippen LogP contribution is -2.54. The van der Waals surface area contributed by atoms with E-state index in [-0.39, 0.29) is 35.8 Å². The number of aliphatic carboxylic acids is 1. The number of benzene rings is 2. The first-order chi connectivity index (χ1) is 17.6. The fraction of sp³-hybridized carbons (Fsp3) is 0.481. The van der Waals surface area contributed by atoms with Crippen LogP contribution in [-0.4, -0.2) is 51.9 Å². The first-order valence-corrected chi connectivity index (χ1v) is 12.6. The minimum Gasteiger partial charge on any atom is -0.480 e. The molecule has 2 amide bonds. The average Bonchev–Trinajstić information content (AvgIpc) is 3.57. The van der Waals surface area contributed by atoms with E-state index >= 15 is 0 Å². The predicted molar refractivity (Wildman–Crippen MR) is 131 cm³/mol. The molecule has 0 radical (unpaired) electrons. The smallest absolute Gasteiger partial charge is 0.394 e. The highest BCUT2D eigenvalue weighted by Gasteiger charge is 2.51. The van der Waals surface area contributed by atoms with E-state index in [0.29, 0.717) is 12.5 Å². The zero-order valence-electron chi connectivity index (χ0n) is 20.5. The van der Waals surface area contributed by atoms with Crippen molar-refractivity contribution in [2.24, 2.45) is 5.92 Å². The van der Waals surface area contributed by atoms with Gasteiger partial charge in [-0.15, -0.1) is 0 Å². The highest BCUT2D eigenvalue weighted by atomic mass is 19.3. The number of carboxylic acids is 1. The molecule has 5 rings (SSSR count). The molecule has 198 valence electrons. The van der Waals surface area contributed by atoms with Crippen molar-refractivity contribution < 1.29 is 33.3 Å². The topological polar surface area (TPSA) is 102 Å². The van der Waals surface area contributed by atoms with E-state index in [1.165, 1.54) is 12.1 Å². The van der Waals surface area contributed by atoms with Gasteiger partial charge in [0.25, 0.3) is 0 Å². The number of para-hydroxylation sites is 1. The lowest BCUT2D eigenvalue weighted by Gasteiger charge is -2.50. The summed E-state index contributed by atoms with van der Waals surface area (Å²) in [6.07, 6.45) is 0.0198. The fourth-order valence-corrected chi connectivity index (χ4v) is 5.92. The SMILES string of the molecule is CC(F)(F)Oc1ccc(C(O)N2c3ccccc3C(N(C(=O)NCC(=O)O)C3CC3)C3CCCC32)cc1. The summed E-state index contributed by atoms with van der Waals surface area (Å²) < 4.78 is 31.1. The average molecular weight is 516 g/mol. The van der Waals surface area contributed by atoms with Crippen LogP contribution < -0.4 is 15.0 Å². The van der Waals surface area contributed by atoms with E-state index < -0.39 is 24.9 Å². The normalized spacial score (nSPS) is 23.6. The number of halogens is 2. The number of carbonyl (C=O) groups excluding carboxylic acids is 1. The number of hydrogen-bond acceptors (Lipinski definition) is 5. The molecule has 0 bridgehead atoms. The van der Waals surface area contributed by atoms with Gasteiger partial charge in [0.15, 0.2) is 6.23 Å². The lowest BCUT2D eigenvalue weighted by atomic mass is 9.81. The van der Waals surface area contributed by atoms with Crippen molar-refractivity contribution in [1.82, 2.24) is 10.2 Å². The maximum atomic E-state index is 13.2. The molecule has 0 spiro atoms. The number of nitrogens with one attached hydrogen (secondary N) is 1. The third-order valence-electron chi connectivity index (χ3n) is 7.43. The van der Waals surface area contributed by atoms with E-state index in [1.807, 2.05) is 34.1 Å². The minimum atomic E-state index is -3.30. The van der Waals surface area contributed by atoms with Gasteiger partial charge in [-0.1, -0.05) is 36.8 Å².